The Kier molecular flexibility index (Phi) is 4.71. The molecule has 0 N–H and O–H groups in total. The predicted molar refractivity (Wildman–Crippen MR) is 88.4 cm³/mol. The van der Waals surface area contributed by atoms with E-state index < -0.39 is 11.7 Å². The van der Waals surface area contributed by atoms with Crippen molar-refractivity contribution in [3.63, 3.8) is 0 Å². The number of hydrogen-bond donors (Lipinski definition) is 0. The molecule has 1 atom stereocenters. The largest absolute Gasteiger partial charge is 0.468 e. The number of furan rings is 1. The summed E-state index contributed by atoms with van der Waals surface area (Å²) >= 11 is 0. The van der Waals surface area contributed by atoms with Gasteiger partial charge in [-0.15, -0.1) is 5.10 Å². The van der Waals surface area contributed by atoms with Gasteiger partial charge in [0.15, 0.2) is 6.23 Å². The number of hydrogen-bond acceptors (Lipinski definition) is 5. The van der Waals surface area contributed by atoms with Crippen LogP contribution in [0.15, 0.2) is 53.3 Å². The molecule has 3 heterocycles. The Labute approximate surface area is 153 Å². The van der Waals surface area contributed by atoms with Crippen LogP contribution in [0.2, 0.25) is 0 Å². The Hall–Kier alpha value is -2.65. The molecule has 1 aliphatic heterocycles. The lowest BCUT2D eigenvalue weighted by atomic mass is 10.1. The summed E-state index contributed by atoms with van der Waals surface area (Å²) < 4.78 is 51.2. The molecule has 1 aliphatic rings. The summed E-state index contributed by atoms with van der Waals surface area (Å²) in [7, 11) is 0. The van der Waals surface area contributed by atoms with Crippen LogP contribution in [0.4, 0.5) is 13.2 Å². The normalized spacial score (nSPS) is 18.3. The Balaban J connectivity index is 1.47. The smallest absolute Gasteiger partial charge is 0.416 e. The third kappa shape index (κ3) is 4.04. The molecule has 0 aliphatic carbocycles. The highest BCUT2D eigenvalue weighted by molar-refractivity contribution is 5.25. The van der Waals surface area contributed by atoms with Crippen LogP contribution < -0.4 is 0 Å². The summed E-state index contributed by atoms with van der Waals surface area (Å²) in [6, 6.07) is 8.91. The number of ether oxygens (including phenoxy) is 1. The minimum Gasteiger partial charge on any atom is -0.468 e. The molecule has 0 amide bonds. The molecule has 1 saturated heterocycles. The van der Waals surface area contributed by atoms with Gasteiger partial charge >= 0.3 is 6.18 Å². The Morgan fingerprint density at radius 3 is 2.81 bits per heavy atom. The number of rotatable bonds is 5. The Morgan fingerprint density at radius 2 is 2.04 bits per heavy atom. The molecule has 3 aromatic rings. The molecule has 0 spiro atoms. The zero-order valence-electron chi connectivity index (χ0n) is 14.3. The van der Waals surface area contributed by atoms with Gasteiger partial charge in [0, 0.05) is 6.54 Å². The van der Waals surface area contributed by atoms with E-state index >= 15 is 0 Å². The minimum atomic E-state index is -4.37. The third-order valence-corrected chi connectivity index (χ3v) is 4.33. The first-order valence-corrected chi connectivity index (χ1v) is 8.43. The summed E-state index contributed by atoms with van der Waals surface area (Å²) in [4.78, 5) is 2.07. The second-order valence-electron chi connectivity index (χ2n) is 6.31. The van der Waals surface area contributed by atoms with Gasteiger partial charge in [-0.3, -0.25) is 4.90 Å². The van der Waals surface area contributed by atoms with Crippen molar-refractivity contribution >= 4 is 0 Å². The molecule has 6 nitrogen and oxygen atoms in total. The van der Waals surface area contributed by atoms with Crippen LogP contribution in [0.25, 0.3) is 0 Å². The van der Waals surface area contributed by atoms with Crippen LogP contribution in [0.1, 0.15) is 28.8 Å². The molecule has 1 unspecified atom stereocenters. The van der Waals surface area contributed by atoms with E-state index in [1.165, 1.54) is 10.7 Å². The summed E-state index contributed by atoms with van der Waals surface area (Å²) in [5, 5.41) is 8.17. The molecule has 142 valence electrons. The first-order valence-electron chi connectivity index (χ1n) is 8.43. The van der Waals surface area contributed by atoms with E-state index in [4.69, 9.17) is 9.15 Å². The van der Waals surface area contributed by atoms with E-state index in [2.05, 4.69) is 15.2 Å². The van der Waals surface area contributed by atoms with Gasteiger partial charge in [-0.2, -0.15) is 13.2 Å². The quantitative estimate of drug-likeness (QED) is 0.681. The molecule has 0 bridgehead atoms. The van der Waals surface area contributed by atoms with Crippen LogP contribution >= 0.6 is 0 Å². The zero-order valence-corrected chi connectivity index (χ0v) is 14.3. The van der Waals surface area contributed by atoms with Crippen LogP contribution in [0.5, 0.6) is 0 Å². The summed E-state index contributed by atoms with van der Waals surface area (Å²) in [6.07, 6.45) is -1.41. The lowest BCUT2D eigenvalue weighted by Crippen LogP contribution is -2.23. The zero-order chi connectivity index (χ0) is 18.9. The molecule has 1 aromatic carbocycles. The van der Waals surface area contributed by atoms with E-state index in [0.29, 0.717) is 24.4 Å². The number of nitrogens with zero attached hydrogens (tertiary/aromatic N) is 4. The minimum absolute atomic E-state index is 0.196. The average Bonchev–Trinajstić information content (AvgIpc) is 3.37. The number of alkyl halides is 3. The third-order valence-electron chi connectivity index (χ3n) is 4.33. The Morgan fingerprint density at radius 1 is 1.15 bits per heavy atom. The topological polar surface area (TPSA) is 56.3 Å². The van der Waals surface area contributed by atoms with Crippen molar-refractivity contribution in [2.24, 2.45) is 0 Å². The number of aromatic nitrogens is 3. The van der Waals surface area contributed by atoms with Crippen molar-refractivity contribution in [1.29, 1.82) is 0 Å². The second kappa shape index (κ2) is 7.16. The maximum absolute atomic E-state index is 12.8. The van der Waals surface area contributed by atoms with Crippen molar-refractivity contribution in [1.82, 2.24) is 19.9 Å². The van der Waals surface area contributed by atoms with E-state index in [9.17, 15) is 13.2 Å². The lowest BCUT2D eigenvalue weighted by molar-refractivity contribution is -0.137. The van der Waals surface area contributed by atoms with Crippen LogP contribution in [0, 0.1) is 0 Å². The first-order chi connectivity index (χ1) is 13.0. The SMILES string of the molecule is FC(F)(F)c1cccc(Cn2cc(C3OCCN3Cc3ccco3)nn2)c1. The molecular formula is C18H17F3N4O2. The molecule has 0 saturated carbocycles. The summed E-state index contributed by atoms with van der Waals surface area (Å²) in [5.41, 5.74) is 0.441. The maximum atomic E-state index is 12.8. The van der Waals surface area contributed by atoms with Gasteiger partial charge in [0.05, 0.1) is 37.7 Å². The Bertz CT molecular complexity index is 892. The summed E-state index contributed by atoms with van der Waals surface area (Å²) in [6.45, 7) is 2.07. The van der Waals surface area contributed by atoms with Gasteiger partial charge in [0.25, 0.3) is 0 Å². The molecule has 1 fully saturated rings. The maximum Gasteiger partial charge on any atom is 0.416 e. The predicted octanol–water partition coefficient (Wildman–Crippen LogP) is 3.47. The molecule has 2 aromatic heterocycles. The van der Waals surface area contributed by atoms with Crippen LogP contribution in [-0.4, -0.2) is 33.0 Å². The van der Waals surface area contributed by atoms with Crippen molar-refractivity contribution < 1.29 is 22.3 Å². The van der Waals surface area contributed by atoms with Gasteiger partial charge in [-0.25, -0.2) is 4.68 Å². The molecule has 0 radical (unpaired) electrons. The summed E-state index contributed by atoms with van der Waals surface area (Å²) in [5.74, 6) is 0.821. The van der Waals surface area contributed by atoms with Gasteiger partial charge in [0.1, 0.15) is 11.5 Å². The highest BCUT2D eigenvalue weighted by Gasteiger charge is 2.31. The van der Waals surface area contributed by atoms with Crippen molar-refractivity contribution in [3.8, 4) is 0 Å². The lowest BCUT2D eigenvalue weighted by Gasteiger charge is -2.19. The molecule has 9 heteroatoms. The van der Waals surface area contributed by atoms with Gasteiger partial charge in [-0.05, 0) is 29.8 Å². The van der Waals surface area contributed by atoms with Gasteiger partial charge in [0.2, 0.25) is 0 Å². The van der Waals surface area contributed by atoms with Crippen LogP contribution in [0.3, 0.4) is 0 Å². The van der Waals surface area contributed by atoms with Crippen LogP contribution in [-0.2, 0) is 24.0 Å². The fourth-order valence-electron chi connectivity index (χ4n) is 3.08. The number of halogens is 3. The fourth-order valence-corrected chi connectivity index (χ4v) is 3.08. The van der Waals surface area contributed by atoms with E-state index in [-0.39, 0.29) is 12.8 Å². The highest BCUT2D eigenvalue weighted by Crippen LogP contribution is 2.30. The van der Waals surface area contributed by atoms with Crippen molar-refractivity contribution in [2.75, 3.05) is 13.2 Å². The number of benzene rings is 1. The van der Waals surface area contributed by atoms with Crippen molar-refractivity contribution in [2.45, 2.75) is 25.5 Å². The molecule has 27 heavy (non-hydrogen) atoms. The van der Waals surface area contributed by atoms with Gasteiger partial charge in [-0.1, -0.05) is 17.3 Å². The van der Waals surface area contributed by atoms with E-state index in [0.717, 1.165) is 24.4 Å². The van der Waals surface area contributed by atoms with Crippen molar-refractivity contribution in [3.05, 3.63) is 71.4 Å². The fraction of sp³-hybridized carbons (Fsp3) is 0.333. The van der Waals surface area contributed by atoms with Gasteiger partial charge < -0.3 is 9.15 Å². The highest BCUT2D eigenvalue weighted by atomic mass is 19.4. The molecule has 4 rings (SSSR count). The van der Waals surface area contributed by atoms with E-state index in [1.807, 2.05) is 12.1 Å². The second-order valence-corrected chi connectivity index (χ2v) is 6.31. The monoisotopic (exact) mass is 378 g/mol. The average molecular weight is 378 g/mol. The molecular weight excluding hydrogens is 361 g/mol. The van der Waals surface area contributed by atoms with E-state index in [1.54, 1.807) is 18.5 Å². The standard InChI is InChI=1S/C18H17F3N4O2/c19-18(20,21)14-4-1-3-13(9-14)10-25-12-16(22-23-25)17-24(6-8-27-17)11-15-5-2-7-26-15/h1-5,7,9,12,17H,6,8,10-11H2. The first kappa shape index (κ1) is 17.7.